The topological polar surface area (TPSA) is 74.3 Å². The fourth-order valence-corrected chi connectivity index (χ4v) is 5.01. The first-order valence-corrected chi connectivity index (χ1v) is 12.1. The Bertz CT molecular complexity index is 1020. The maximum absolute atomic E-state index is 14.1. The summed E-state index contributed by atoms with van der Waals surface area (Å²) in [6, 6.07) is 13.5. The summed E-state index contributed by atoms with van der Waals surface area (Å²) in [4.78, 5) is 17.1. The molecule has 0 saturated carbocycles. The molecular weight excluding hydrogens is 437 g/mol. The number of rotatable bonds is 6. The molecule has 3 atom stereocenters. The van der Waals surface area contributed by atoms with E-state index >= 15 is 0 Å². The predicted molar refractivity (Wildman–Crippen MR) is 126 cm³/mol. The van der Waals surface area contributed by atoms with E-state index in [4.69, 9.17) is 9.47 Å². The molecule has 0 bridgehead atoms. The van der Waals surface area contributed by atoms with Crippen LogP contribution >= 0.6 is 0 Å². The molecular formula is C26H32FN3O4. The van der Waals surface area contributed by atoms with Crippen LogP contribution in [0.1, 0.15) is 27.9 Å². The molecule has 7 nitrogen and oxygen atoms in total. The number of piperidine rings is 1. The van der Waals surface area contributed by atoms with Gasteiger partial charge in [-0.25, -0.2) is 4.39 Å². The van der Waals surface area contributed by atoms with Gasteiger partial charge in [-0.15, -0.1) is 0 Å². The van der Waals surface area contributed by atoms with E-state index in [2.05, 4.69) is 28.4 Å². The highest BCUT2D eigenvalue weighted by atomic mass is 19.1. The second kappa shape index (κ2) is 10.3. The number of benzene rings is 2. The molecule has 2 N–H and O–H groups in total. The van der Waals surface area contributed by atoms with Crippen LogP contribution in [0, 0.1) is 0 Å². The smallest absolute Gasteiger partial charge is 0.257 e. The molecule has 5 rings (SSSR count). The normalized spacial score (nSPS) is 23.9. The highest BCUT2D eigenvalue weighted by Crippen LogP contribution is 2.30. The number of carbonyl (C=O) groups is 1. The molecule has 2 aromatic carbocycles. The molecule has 2 aromatic rings. The van der Waals surface area contributed by atoms with E-state index in [1.807, 2.05) is 6.07 Å². The van der Waals surface area contributed by atoms with Gasteiger partial charge in [0.1, 0.15) is 30.4 Å². The number of aliphatic hydroxyl groups is 1. The number of aliphatic hydroxyl groups excluding tert-OH is 1. The van der Waals surface area contributed by atoms with Gasteiger partial charge in [0, 0.05) is 38.8 Å². The number of ether oxygens (including phenoxy) is 2. The number of halogens is 1. The molecule has 0 radical (unpaired) electrons. The average molecular weight is 470 g/mol. The Balaban J connectivity index is 1.20. The molecule has 3 unspecified atom stereocenters. The summed E-state index contributed by atoms with van der Waals surface area (Å²) in [5.41, 5.74) is 3.11. The molecule has 8 heteroatoms. The third kappa shape index (κ3) is 5.19. The minimum Gasteiger partial charge on any atom is -0.491 e. The van der Waals surface area contributed by atoms with Crippen LogP contribution in [-0.2, 0) is 13.0 Å². The molecule has 3 aliphatic rings. The van der Waals surface area contributed by atoms with Gasteiger partial charge in [0.2, 0.25) is 0 Å². The molecule has 0 aromatic heterocycles. The quantitative estimate of drug-likeness (QED) is 0.675. The van der Waals surface area contributed by atoms with Gasteiger partial charge in [0.05, 0.1) is 18.2 Å². The summed E-state index contributed by atoms with van der Waals surface area (Å²) in [5, 5.41) is 13.8. The van der Waals surface area contributed by atoms with Crippen LogP contribution in [0.25, 0.3) is 0 Å². The summed E-state index contributed by atoms with van der Waals surface area (Å²) in [6.07, 6.45) is -0.668. The van der Waals surface area contributed by atoms with Crippen LogP contribution in [0.4, 0.5) is 4.39 Å². The Morgan fingerprint density at radius 3 is 2.88 bits per heavy atom. The lowest BCUT2D eigenvalue weighted by Gasteiger charge is -2.32. The second-order valence-electron chi connectivity index (χ2n) is 9.33. The maximum Gasteiger partial charge on any atom is 0.257 e. The summed E-state index contributed by atoms with van der Waals surface area (Å²) in [7, 11) is 0. The van der Waals surface area contributed by atoms with Gasteiger partial charge in [0.25, 0.3) is 5.91 Å². The highest BCUT2D eigenvalue weighted by Gasteiger charge is 2.29. The average Bonchev–Trinajstić information content (AvgIpc) is 2.99. The number of hydrogen-bond acceptors (Lipinski definition) is 6. The zero-order chi connectivity index (χ0) is 23.5. The van der Waals surface area contributed by atoms with E-state index in [0.29, 0.717) is 49.7 Å². The number of hydrogen-bond donors (Lipinski definition) is 2. The monoisotopic (exact) mass is 469 g/mol. The Hall–Kier alpha value is -2.68. The van der Waals surface area contributed by atoms with Gasteiger partial charge in [-0.05, 0) is 42.6 Å². The molecule has 1 saturated heterocycles. The summed E-state index contributed by atoms with van der Waals surface area (Å²) < 4.78 is 25.8. The van der Waals surface area contributed by atoms with Crippen LogP contribution in [0.3, 0.4) is 0 Å². The molecule has 0 aliphatic carbocycles. The number of nitrogens with zero attached hydrogens (tertiary/aromatic N) is 2. The van der Waals surface area contributed by atoms with Crippen LogP contribution in [0.15, 0.2) is 42.5 Å². The van der Waals surface area contributed by atoms with Gasteiger partial charge in [-0.1, -0.05) is 24.3 Å². The van der Waals surface area contributed by atoms with Gasteiger partial charge in [-0.3, -0.25) is 9.69 Å². The first-order chi connectivity index (χ1) is 16.6. The van der Waals surface area contributed by atoms with Crippen molar-refractivity contribution in [3.05, 3.63) is 59.2 Å². The Morgan fingerprint density at radius 2 is 2.03 bits per heavy atom. The molecule has 3 aliphatic heterocycles. The summed E-state index contributed by atoms with van der Waals surface area (Å²) >= 11 is 0. The van der Waals surface area contributed by atoms with Gasteiger partial charge in [-0.2, -0.15) is 0 Å². The number of alkyl halides is 1. The van der Waals surface area contributed by atoms with Gasteiger partial charge < -0.3 is 24.8 Å². The van der Waals surface area contributed by atoms with E-state index in [-0.39, 0.29) is 19.0 Å². The molecule has 34 heavy (non-hydrogen) atoms. The highest BCUT2D eigenvalue weighted by molar-refractivity contribution is 5.97. The maximum atomic E-state index is 14.1. The van der Waals surface area contributed by atoms with Crippen molar-refractivity contribution in [3.8, 4) is 11.5 Å². The summed E-state index contributed by atoms with van der Waals surface area (Å²) in [5.74, 6) is 0.767. The van der Waals surface area contributed by atoms with Crippen molar-refractivity contribution in [1.82, 2.24) is 15.1 Å². The first kappa shape index (κ1) is 23.1. The van der Waals surface area contributed by atoms with Crippen LogP contribution in [0.2, 0.25) is 0 Å². The zero-order valence-electron chi connectivity index (χ0n) is 19.3. The zero-order valence-corrected chi connectivity index (χ0v) is 19.3. The van der Waals surface area contributed by atoms with Crippen molar-refractivity contribution in [1.29, 1.82) is 0 Å². The number of amides is 1. The molecule has 182 valence electrons. The Kier molecular flexibility index (Phi) is 6.99. The van der Waals surface area contributed by atoms with E-state index in [1.54, 1.807) is 23.1 Å². The standard InChI is InChI=1S/C26H32FN3O4/c27-23-14-28-9-7-24(23)34-21-5-6-22-25(13-21)33-12-11-30(26(22)32)17-20(31)16-29-10-8-18-3-1-2-4-19(18)15-29/h1-6,13,20,23-24,28,31H,7-12,14-17H2. The van der Waals surface area contributed by atoms with Crippen molar-refractivity contribution in [2.24, 2.45) is 0 Å². The largest absolute Gasteiger partial charge is 0.491 e. The third-order valence-corrected chi connectivity index (χ3v) is 6.84. The fourth-order valence-electron chi connectivity index (χ4n) is 5.01. The van der Waals surface area contributed by atoms with E-state index in [9.17, 15) is 14.3 Å². The lowest BCUT2D eigenvalue weighted by Crippen LogP contribution is -2.44. The van der Waals surface area contributed by atoms with Crippen molar-refractivity contribution < 1.29 is 23.8 Å². The van der Waals surface area contributed by atoms with Gasteiger partial charge in [0.15, 0.2) is 0 Å². The lowest BCUT2D eigenvalue weighted by atomic mass is 10.00. The molecule has 1 amide bonds. The van der Waals surface area contributed by atoms with E-state index in [1.165, 1.54) is 11.1 Å². The van der Waals surface area contributed by atoms with Crippen LogP contribution < -0.4 is 14.8 Å². The number of β-amino-alcohol motifs (C(OH)–C–C–N with tert-alkyl or cyclic N) is 1. The number of nitrogens with one attached hydrogen (secondary N) is 1. The van der Waals surface area contributed by atoms with Crippen molar-refractivity contribution in [3.63, 3.8) is 0 Å². The lowest BCUT2D eigenvalue weighted by molar-refractivity contribution is 0.0501. The van der Waals surface area contributed by atoms with Gasteiger partial charge >= 0.3 is 0 Å². The molecule has 0 spiro atoms. The Morgan fingerprint density at radius 1 is 1.18 bits per heavy atom. The first-order valence-electron chi connectivity index (χ1n) is 12.1. The summed E-state index contributed by atoms with van der Waals surface area (Å²) in [6.45, 7) is 4.18. The van der Waals surface area contributed by atoms with Crippen LogP contribution in [-0.4, -0.2) is 85.1 Å². The Labute approximate surface area is 199 Å². The van der Waals surface area contributed by atoms with Crippen molar-refractivity contribution >= 4 is 5.91 Å². The molecule has 1 fully saturated rings. The SMILES string of the molecule is O=C1c2ccc(OC3CCNCC3F)cc2OCCN1CC(O)CN1CCc2ccccc2C1. The minimum absolute atomic E-state index is 0.174. The minimum atomic E-state index is -1.07. The third-order valence-electron chi connectivity index (χ3n) is 6.84. The van der Waals surface area contributed by atoms with Crippen molar-refractivity contribution in [2.45, 2.75) is 37.8 Å². The van der Waals surface area contributed by atoms with Crippen molar-refractivity contribution in [2.75, 3.05) is 45.9 Å². The number of fused-ring (bicyclic) bond motifs is 2. The predicted octanol–water partition coefficient (Wildman–Crippen LogP) is 2.02. The fraction of sp³-hybridized carbons (Fsp3) is 0.500. The van der Waals surface area contributed by atoms with E-state index < -0.39 is 18.4 Å². The molecule has 3 heterocycles. The van der Waals surface area contributed by atoms with Crippen LogP contribution in [0.5, 0.6) is 11.5 Å². The van der Waals surface area contributed by atoms with E-state index in [0.717, 1.165) is 19.5 Å². The number of carbonyl (C=O) groups excluding carboxylic acids is 1. The second-order valence-corrected chi connectivity index (χ2v) is 9.33.